The highest BCUT2D eigenvalue weighted by Gasteiger charge is 2.49. The van der Waals surface area contributed by atoms with Gasteiger partial charge in [-0.05, 0) is 30.0 Å². The number of aryl methyl sites for hydroxylation is 1. The zero-order valence-electron chi connectivity index (χ0n) is 11.3. The van der Waals surface area contributed by atoms with E-state index in [-0.39, 0.29) is 30.1 Å². The topological polar surface area (TPSA) is 60.4 Å². The molecule has 4 nitrogen and oxygen atoms in total. The van der Waals surface area contributed by atoms with Gasteiger partial charge in [-0.15, -0.1) is 0 Å². The normalized spacial score (nSPS) is 19.3. The van der Waals surface area contributed by atoms with Gasteiger partial charge in [-0.1, -0.05) is 13.0 Å². The second-order valence-electron chi connectivity index (χ2n) is 5.08. The third-order valence-corrected chi connectivity index (χ3v) is 4.38. The summed E-state index contributed by atoms with van der Waals surface area (Å²) >= 11 is 0. The van der Waals surface area contributed by atoms with Crippen LogP contribution in [-0.4, -0.2) is 19.7 Å². The largest absolute Gasteiger partial charge is 0.534 e. The number of hydrogen-bond acceptors (Lipinski definition) is 4. The van der Waals surface area contributed by atoms with Crippen LogP contribution in [0.4, 0.5) is 13.2 Å². The van der Waals surface area contributed by atoms with Gasteiger partial charge in [-0.25, -0.2) is 0 Å². The predicted octanol–water partition coefficient (Wildman–Crippen LogP) is 2.84. The van der Waals surface area contributed by atoms with Crippen molar-refractivity contribution in [3.8, 4) is 5.75 Å². The zero-order chi connectivity index (χ0) is 16.0. The molecule has 0 bridgehead atoms. The van der Waals surface area contributed by atoms with E-state index in [9.17, 15) is 26.4 Å². The summed E-state index contributed by atoms with van der Waals surface area (Å²) in [5, 5.41) is 0. The molecular weight excluding hydrogens is 309 g/mol. The molecule has 1 atom stereocenters. The van der Waals surface area contributed by atoms with E-state index in [1.165, 1.54) is 6.07 Å². The number of rotatable bonds is 2. The molecule has 0 fully saturated rings. The van der Waals surface area contributed by atoms with Crippen LogP contribution in [0, 0.1) is 6.92 Å². The number of halogens is 3. The quantitative estimate of drug-likeness (QED) is 0.620. The van der Waals surface area contributed by atoms with Crippen molar-refractivity contribution >= 4 is 15.9 Å². The summed E-state index contributed by atoms with van der Waals surface area (Å²) in [6.07, 6.45) is 0.160. The van der Waals surface area contributed by atoms with Gasteiger partial charge in [0.2, 0.25) is 0 Å². The number of benzene rings is 1. The van der Waals surface area contributed by atoms with E-state index in [4.69, 9.17) is 0 Å². The minimum atomic E-state index is -5.74. The van der Waals surface area contributed by atoms with Gasteiger partial charge in [0.1, 0.15) is 11.5 Å². The smallest absolute Gasteiger partial charge is 0.376 e. The van der Waals surface area contributed by atoms with Crippen molar-refractivity contribution in [1.29, 1.82) is 0 Å². The molecule has 0 saturated heterocycles. The second kappa shape index (κ2) is 5.01. The first kappa shape index (κ1) is 15.8. The standard InChI is InChI=1S/C13H13F3O4S/c1-7-3-4-11(20-21(18,19)13(14,15)16)10-6-9(17)5-8(2)12(7)10/h3-4,8H,5-6H2,1-2H3. The predicted molar refractivity (Wildman–Crippen MR) is 68.5 cm³/mol. The molecule has 0 N–H and O–H groups in total. The molecule has 0 aromatic heterocycles. The van der Waals surface area contributed by atoms with Crippen LogP contribution in [0.2, 0.25) is 0 Å². The van der Waals surface area contributed by atoms with Crippen molar-refractivity contribution in [2.45, 2.75) is 38.1 Å². The van der Waals surface area contributed by atoms with E-state index in [0.717, 1.165) is 11.6 Å². The van der Waals surface area contributed by atoms with Gasteiger partial charge in [0.25, 0.3) is 0 Å². The Balaban J connectivity index is 2.53. The monoisotopic (exact) mass is 322 g/mol. The fraction of sp³-hybridized carbons (Fsp3) is 0.462. The molecule has 1 unspecified atom stereocenters. The maximum Gasteiger partial charge on any atom is 0.534 e. The summed E-state index contributed by atoms with van der Waals surface area (Å²) in [7, 11) is -5.74. The van der Waals surface area contributed by atoms with Crippen LogP contribution >= 0.6 is 0 Å². The lowest BCUT2D eigenvalue weighted by molar-refractivity contribution is -0.119. The Morgan fingerprint density at radius 2 is 1.90 bits per heavy atom. The average Bonchev–Trinajstić information content (AvgIpc) is 2.30. The van der Waals surface area contributed by atoms with Gasteiger partial charge in [-0.3, -0.25) is 4.79 Å². The van der Waals surface area contributed by atoms with Gasteiger partial charge < -0.3 is 4.18 Å². The highest BCUT2D eigenvalue weighted by Crippen LogP contribution is 2.39. The molecule has 0 radical (unpaired) electrons. The van der Waals surface area contributed by atoms with Crippen LogP contribution in [0.15, 0.2) is 12.1 Å². The van der Waals surface area contributed by atoms with E-state index in [2.05, 4.69) is 4.18 Å². The Kier molecular flexibility index (Phi) is 3.77. The summed E-state index contributed by atoms with van der Waals surface area (Å²) in [4.78, 5) is 11.6. The first-order valence-electron chi connectivity index (χ1n) is 6.17. The number of ketones is 1. The van der Waals surface area contributed by atoms with Crippen molar-refractivity contribution in [3.63, 3.8) is 0 Å². The molecule has 0 spiro atoms. The molecule has 0 amide bonds. The molecule has 0 heterocycles. The zero-order valence-corrected chi connectivity index (χ0v) is 12.1. The van der Waals surface area contributed by atoms with Crippen LogP contribution < -0.4 is 4.18 Å². The van der Waals surface area contributed by atoms with Crippen LogP contribution in [0.3, 0.4) is 0 Å². The van der Waals surface area contributed by atoms with Crippen LogP contribution in [-0.2, 0) is 21.3 Å². The van der Waals surface area contributed by atoms with E-state index < -0.39 is 21.4 Å². The number of Topliss-reactive ketones (excluding diaryl/α,β-unsaturated/α-hetero) is 1. The number of carbonyl (C=O) groups excluding carboxylic acids is 1. The lowest BCUT2D eigenvalue weighted by atomic mass is 9.80. The highest BCUT2D eigenvalue weighted by atomic mass is 32.2. The molecular formula is C13H13F3O4S. The summed E-state index contributed by atoms with van der Waals surface area (Å²) in [5.74, 6) is -0.763. The fourth-order valence-electron chi connectivity index (χ4n) is 2.59. The molecule has 21 heavy (non-hydrogen) atoms. The molecule has 1 aliphatic rings. The molecule has 0 saturated carbocycles. The number of fused-ring (bicyclic) bond motifs is 1. The molecule has 1 aliphatic carbocycles. The lowest BCUT2D eigenvalue weighted by Crippen LogP contribution is -2.29. The van der Waals surface area contributed by atoms with Crippen LogP contribution in [0.5, 0.6) is 5.75 Å². The first-order chi connectivity index (χ1) is 9.53. The Labute approximate surface area is 120 Å². The van der Waals surface area contributed by atoms with Crippen molar-refractivity contribution in [2.75, 3.05) is 0 Å². The Hall–Kier alpha value is -1.57. The number of hydrogen-bond donors (Lipinski definition) is 0. The molecule has 1 aromatic carbocycles. The van der Waals surface area contributed by atoms with Crippen LogP contribution in [0.25, 0.3) is 0 Å². The maximum absolute atomic E-state index is 12.4. The SMILES string of the molecule is Cc1ccc(OS(=O)(=O)C(F)(F)F)c2c1C(C)CC(=O)C2. The van der Waals surface area contributed by atoms with Gasteiger partial charge in [0, 0.05) is 18.4 Å². The highest BCUT2D eigenvalue weighted by molar-refractivity contribution is 7.88. The summed E-state index contributed by atoms with van der Waals surface area (Å²) in [6, 6.07) is 2.65. The summed E-state index contributed by atoms with van der Waals surface area (Å²) in [5.41, 5.74) is -3.80. The van der Waals surface area contributed by atoms with Gasteiger partial charge in [0.05, 0.1) is 0 Å². The second-order valence-corrected chi connectivity index (χ2v) is 6.61. The fourth-order valence-corrected chi connectivity index (χ4v) is 3.07. The lowest BCUT2D eigenvalue weighted by Gasteiger charge is -2.25. The van der Waals surface area contributed by atoms with E-state index in [1.54, 1.807) is 13.8 Å². The Bertz CT molecular complexity index is 692. The molecule has 116 valence electrons. The van der Waals surface area contributed by atoms with Gasteiger partial charge >= 0.3 is 15.6 Å². The number of carbonyl (C=O) groups is 1. The van der Waals surface area contributed by atoms with Crippen LogP contribution in [0.1, 0.15) is 36.0 Å². The van der Waals surface area contributed by atoms with Gasteiger partial charge in [0.15, 0.2) is 0 Å². The molecule has 1 aromatic rings. The maximum atomic E-state index is 12.4. The molecule has 2 rings (SSSR count). The molecule has 8 heteroatoms. The third kappa shape index (κ3) is 2.90. The minimum Gasteiger partial charge on any atom is -0.376 e. The molecule has 0 aliphatic heterocycles. The first-order valence-corrected chi connectivity index (χ1v) is 7.58. The summed E-state index contributed by atoms with van der Waals surface area (Å²) in [6.45, 7) is 3.53. The Morgan fingerprint density at radius 1 is 1.29 bits per heavy atom. The van der Waals surface area contributed by atoms with E-state index in [0.29, 0.717) is 5.56 Å². The van der Waals surface area contributed by atoms with Crippen molar-refractivity contribution in [2.24, 2.45) is 0 Å². The average molecular weight is 322 g/mol. The minimum absolute atomic E-state index is 0.121. The third-order valence-electron chi connectivity index (χ3n) is 3.42. The summed E-state index contributed by atoms with van der Waals surface area (Å²) < 4.78 is 63.7. The van der Waals surface area contributed by atoms with Gasteiger partial charge in [-0.2, -0.15) is 21.6 Å². The van der Waals surface area contributed by atoms with Crippen molar-refractivity contribution in [3.05, 3.63) is 28.8 Å². The number of alkyl halides is 3. The van der Waals surface area contributed by atoms with E-state index in [1.807, 2.05) is 0 Å². The van der Waals surface area contributed by atoms with Crippen molar-refractivity contribution < 1.29 is 30.6 Å². The van der Waals surface area contributed by atoms with E-state index >= 15 is 0 Å². The Morgan fingerprint density at radius 3 is 2.48 bits per heavy atom. The van der Waals surface area contributed by atoms with Crippen molar-refractivity contribution in [1.82, 2.24) is 0 Å².